The lowest BCUT2D eigenvalue weighted by molar-refractivity contribution is 0.180. The van der Waals surface area contributed by atoms with Gasteiger partial charge in [-0.15, -0.1) is 0 Å². The van der Waals surface area contributed by atoms with Gasteiger partial charge in [0.25, 0.3) is 0 Å². The molecular formula is C12H15BrO3. The molecule has 1 aliphatic heterocycles. The molecule has 0 aromatic heterocycles. The number of aliphatic hydroxyl groups excluding tert-OH is 1. The Kier molecular flexibility index (Phi) is 3.71. The Morgan fingerprint density at radius 3 is 2.62 bits per heavy atom. The molecule has 0 saturated carbocycles. The van der Waals surface area contributed by atoms with Crippen LogP contribution in [0.15, 0.2) is 18.2 Å². The number of alkyl halides is 1. The molecule has 1 aromatic rings. The van der Waals surface area contributed by atoms with Crippen LogP contribution >= 0.6 is 15.9 Å². The van der Waals surface area contributed by atoms with Crippen LogP contribution < -0.4 is 9.47 Å². The zero-order chi connectivity index (χ0) is 11.5. The minimum Gasteiger partial charge on any atom is -0.490 e. The predicted molar refractivity (Wildman–Crippen MR) is 65.4 cm³/mol. The first-order chi connectivity index (χ1) is 7.68. The minimum absolute atomic E-state index is 0.0113. The Bertz CT molecular complexity index is 365. The SMILES string of the molecule is CC(Br)C(O)c1ccc2c(c1)OCCCO2. The molecule has 0 fully saturated rings. The number of aliphatic hydroxyl groups is 1. The van der Waals surface area contributed by atoms with Crippen molar-refractivity contribution in [3.8, 4) is 11.5 Å². The van der Waals surface area contributed by atoms with Crippen LogP contribution in [0.1, 0.15) is 25.0 Å². The fourth-order valence-corrected chi connectivity index (χ4v) is 1.93. The van der Waals surface area contributed by atoms with Gasteiger partial charge in [-0.3, -0.25) is 0 Å². The second-order valence-corrected chi connectivity index (χ2v) is 5.32. The normalized spacial score (nSPS) is 18.7. The quantitative estimate of drug-likeness (QED) is 0.850. The van der Waals surface area contributed by atoms with Crippen molar-refractivity contribution >= 4 is 15.9 Å². The lowest BCUT2D eigenvalue weighted by Gasteiger charge is -2.15. The zero-order valence-corrected chi connectivity index (χ0v) is 10.7. The van der Waals surface area contributed by atoms with Crippen LogP contribution in [0, 0.1) is 0 Å². The highest BCUT2D eigenvalue weighted by Gasteiger charge is 2.17. The molecule has 2 unspecified atom stereocenters. The van der Waals surface area contributed by atoms with Gasteiger partial charge in [0.1, 0.15) is 0 Å². The second-order valence-electron chi connectivity index (χ2n) is 3.88. The highest BCUT2D eigenvalue weighted by atomic mass is 79.9. The van der Waals surface area contributed by atoms with Gasteiger partial charge < -0.3 is 14.6 Å². The van der Waals surface area contributed by atoms with Crippen LogP contribution in [-0.4, -0.2) is 23.1 Å². The van der Waals surface area contributed by atoms with Crippen molar-refractivity contribution in [2.45, 2.75) is 24.3 Å². The summed E-state index contributed by atoms with van der Waals surface area (Å²) in [7, 11) is 0. The van der Waals surface area contributed by atoms with Gasteiger partial charge in [0.15, 0.2) is 11.5 Å². The molecule has 2 atom stereocenters. The molecule has 0 radical (unpaired) electrons. The summed E-state index contributed by atoms with van der Waals surface area (Å²) < 4.78 is 11.1. The van der Waals surface area contributed by atoms with Gasteiger partial charge in [-0.2, -0.15) is 0 Å². The molecule has 3 nitrogen and oxygen atoms in total. The Morgan fingerprint density at radius 2 is 1.94 bits per heavy atom. The highest BCUT2D eigenvalue weighted by molar-refractivity contribution is 9.09. The lowest BCUT2D eigenvalue weighted by atomic mass is 10.1. The lowest BCUT2D eigenvalue weighted by Crippen LogP contribution is -2.08. The molecule has 0 spiro atoms. The molecule has 16 heavy (non-hydrogen) atoms. The van der Waals surface area contributed by atoms with Crippen molar-refractivity contribution in [1.82, 2.24) is 0 Å². The first kappa shape index (κ1) is 11.7. The Labute approximate surface area is 104 Å². The molecular weight excluding hydrogens is 272 g/mol. The summed E-state index contributed by atoms with van der Waals surface area (Å²) in [6.07, 6.45) is 0.360. The molecule has 1 aromatic carbocycles. The van der Waals surface area contributed by atoms with Gasteiger partial charge in [-0.1, -0.05) is 22.0 Å². The summed E-state index contributed by atoms with van der Waals surface area (Å²) >= 11 is 3.37. The fourth-order valence-electron chi connectivity index (χ4n) is 1.63. The molecule has 88 valence electrons. The minimum atomic E-state index is -0.530. The Hall–Kier alpha value is -0.740. The number of fused-ring (bicyclic) bond motifs is 1. The molecule has 0 amide bonds. The Balaban J connectivity index is 2.27. The summed E-state index contributed by atoms with van der Waals surface area (Å²) in [5.74, 6) is 1.48. The molecule has 0 saturated heterocycles. The van der Waals surface area contributed by atoms with E-state index in [4.69, 9.17) is 9.47 Å². The van der Waals surface area contributed by atoms with Gasteiger partial charge in [-0.05, 0) is 24.6 Å². The first-order valence-electron chi connectivity index (χ1n) is 5.40. The summed E-state index contributed by atoms with van der Waals surface area (Å²) in [4.78, 5) is 0.0113. The number of rotatable bonds is 2. The van der Waals surface area contributed by atoms with Crippen LogP contribution in [-0.2, 0) is 0 Å². The summed E-state index contributed by atoms with van der Waals surface area (Å²) in [5, 5.41) is 9.93. The number of benzene rings is 1. The van der Waals surface area contributed by atoms with Crippen LogP contribution in [0.2, 0.25) is 0 Å². The number of halogens is 1. The van der Waals surface area contributed by atoms with Gasteiger partial charge in [0.05, 0.1) is 19.3 Å². The molecule has 2 rings (SSSR count). The monoisotopic (exact) mass is 286 g/mol. The summed E-state index contributed by atoms with van der Waals surface area (Å²) in [6, 6.07) is 5.58. The molecule has 1 N–H and O–H groups in total. The van der Waals surface area contributed by atoms with E-state index in [0.29, 0.717) is 13.2 Å². The van der Waals surface area contributed by atoms with E-state index in [0.717, 1.165) is 23.5 Å². The van der Waals surface area contributed by atoms with Gasteiger partial charge in [0, 0.05) is 11.2 Å². The van der Waals surface area contributed by atoms with Gasteiger partial charge in [0.2, 0.25) is 0 Å². The number of hydrogen-bond donors (Lipinski definition) is 1. The average molecular weight is 287 g/mol. The third-order valence-electron chi connectivity index (χ3n) is 2.55. The van der Waals surface area contributed by atoms with Gasteiger partial charge in [-0.25, -0.2) is 0 Å². The average Bonchev–Trinajstić information content (AvgIpc) is 2.51. The first-order valence-corrected chi connectivity index (χ1v) is 6.32. The van der Waals surface area contributed by atoms with Crippen molar-refractivity contribution in [1.29, 1.82) is 0 Å². The summed E-state index contributed by atoms with van der Waals surface area (Å²) in [6.45, 7) is 3.26. The van der Waals surface area contributed by atoms with E-state index >= 15 is 0 Å². The maximum atomic E-state index is 9.93. The van der Waals surface area contributed by atoms with E-state index in [1.165, 1.54) is 0 Å². The van der Waals surface area contributed by atoms with E-state index in [1.54, 1.807) is 0 Å². The number of ether oxygens (including phenoxy) is 2. The van der Waals surface area contributed by atoms with Crippen molar-refractivity contribution in [3.63, 3.8) is 0 Å². The van der Waals surface area contributed by atoms with Crippen LogP contribution in [0.5, 0.6) is 11.5 Å². The smallest absolute Gasteiger partial charge is 0.161 e. The van der Waals surface area contributed by atoms with E-state index < -0.39 is 6.10 Å². The molecule has 4 heteroatoms. The van der Waals surface area contributed by atoms with Crippen molar-refractivity contribution in [2.75, 3.05) is 13.2 Å². The summed E-state index contributed by atoms with van der Waals surface area (Å²) in [5.41, 5.74) is 0.841. The molecule has 1 heterocycles. The standard InChI is InChI=1S/C12H15BrO3/c1-8(13)12(14)9-3-4-10-11(7-9)16-6-2-5-15-10/h3-4,7-8,12,14H,2,5-6H2,1H3. The van der Waals surface area contributed by atoms with Crippen molar-refractivity contribution in [2.24, 2.45) is 0 Å². The Morgan fingerprint density at radius 1 is 1.25 bits per heavy atom. The molecule has 0 aliphatic carbocycles. The largest absolute Gasteiger partial charge is 0.490 e. The van der Waals surface area contributed by atoms with E-state index in [2.05, 4.69) is 15.9 Å². The highest BCUT2D eigenvalue weighted by Crippen LogP contribution is 2.33. The van der Waals surface area contributed by atoms with E-state index in [9.17, 15) is 5.11 Å². The van der Waals surface area contributed by atoms with Crippen LogP contribution in [0.3, 0.4) is 0 Å². The van der Waals surface area contributed by atoms with Crippen molar-refractivity contribution in [3.05, 3.63) is 23.8 Å². The van der Waals surface area contributed by atoms with E-state index in [1.807, 2.05) is 25.1 Å². The molecule has 1 aliphatic rings. The van der Waals surface area contributed by atoms with E-state index in [-0.39, 0.29) is 4.83 Å². The topological polar surface area (TPSA) is 38.7 Å². The number of hydrogen-bond acceptors (Lipinski definition) is 3. The van der Waals surface area contributed by atoms with Gasteiger partial charge >= 0.3 is 0 Å². The predicted octanol–water partition coefficient (Wildman–Crippen LogP) is 2.66. The maximum absolute atomic E-state index is 9.93. The maximum Gasteiger partial charge on any atom is 0.161 e. The zero-order valence-electron chi connectivity index (χ0n) is 9.15. The fraction of sp³-hybridized carbons (Fsp3) is 0.500. The second kappa shape index (κ2) is 5.06. The van der Waals surface area contributed by atoms with Crippen molar-refractivity contribution < 1.29 is 14.6 Å². The van der Waals surface area contributed by atoms with Crippen LogP contribution in [0.4, 0.5) is 0 Å². The van der Waals surface area contributed by atoms with Crippen LogP contribution in [0.25, 0.3) is 0 Å². The third kappa shape index (κ3) is 2.50. The molecule has 0 bridgehead atoms. The third-order valence-corrected chi connectivity index (χ3v) is 3.05.